The van der Waals surface area contributed by atoms with Gasteiger partial charge in [-0.05, 0) is 39.9 Å². The summed E-state index contributed by atoms with van der Waals surface area (Å²) >= 11 is 0. The zero-order chi connectivity index (χ0) is 24.6. The first-order valence-electron chi connectivity index (χ1n) is 12.1. The van der Waals surface area contributed by atoms with Gasteiger partial charge in [-0.1, -0.05) is 134 Å². The van der Waals surface area contributed by atoms with Gasteiger partial charge in [0.05, 0.1) is 0 Å². The molecule has 0 aliphatic rings. The molecule has 0 saturated carbocycles. The Bertz CT molecular complexity index is 1200. The molecule has 5 aromatic carbocycles. The van der Waals surface area contributed by atoms with E-state index in [0.717, 1.165) is 39.3 Å². The second kappa shape index (κ2) is 11.2. The molecule has 0 aliphatic carbocycles. The third-order valence-corrected chi connectivity index (χ3v) is 6.06. The van der Waals surface area contributed by atoms with Gasteiger partial charge in [0, 0.05) is 6.07 Å². The van der Waals surface area contributed by atoms with Crippen molar-refractivity contribution < 1.29 is 9.47 Å². The molecule has 5 rings (SSSR count). The molecule has 0 unspecified atom stereocenters. The van der Waals surface area contributed by atoms with E-state index in [1.807, 2.05) is 97.1 Å². The van der Waals surface area contributed by atoms with E-state index in [4.69, 9.17) is 9.47 Å². The smallest absolute Gasteiger partial charge is 0.149 e. The molecule has 176 valence electrons. The van der Waals surface area contributed by atoms with E-state index >= 15 is 0 Å². The van der Waals surface area contributed by atoms with E-state index in [-0.39, 0.29) is 12.2 Å². The lowest BCUT2D eigenvalue weighted by molar-refractivity contribution is 0.233. The monoisotopic (exact) mass is 468 g/mol. The molecular weight excluding hydrogens is 440 g/mol. The van der Waals surface area contributed by atoms with Crippen LogP contribution in [-0.4, -0.2) is 0 Å². The zero-order valence-corrected chi connectivity index (χ0v) is 20.0. The van der Waals surface area contributed by atoms with Crippen LogP contribution in [-0.2, 0) is 0 Å². The standard InChI is InChI=1S/C34H28O2/c1-2-26-23-31(35-33(27-15-7-3-8-16-27)28-17-9-4-10-18-28)25-32(24-26)36-34(29-19-11-5-12-20-29)30-21-13-6-14-22-30/h2-25,33-34H,1H2. The number of ether oxygens (including phenoxy) is 2. The molecule has 0 aromatic heterocycles. The van der Waals surface area contributed by atoms with Gasteiger partial charge >= 0.3 is 0 Å². The Morgan fingerprint density at radius 3 is 1.03 bits per heavy atom. The molecule has 0 heterocycles. The summed E-state index contributed by atoms with van der Waals surface area (Å²) in [6, 6.07) is 47.0. The van der Waals surface area contributed by atoms with E-state index in [9.17, 15) is 0 Å². The van der Waals surface area contributed by atoms with Gasteiger partial charge in [-0.15, -0.1) is 0 Å². The summed E-state index contributed by atoms with van der Waals surface area (Å²) in [5.41, 5.74) is 5.27. The van der Waals surface area contributed by atoms with Crippen LogP contribution in [0.2, 0.25) is 0 Å². The molecule has 0 atom stereocenters. The Morgan fingerprint density at radius 1 is 0.444 bits per heavy atom. The lowest BCUT2D eigenvalue weighted by Gasteiger charge is -2.23. The largest absolute Gasteiger partial charge is 0.481 e. The third-order valence-electron chi connectivity index (χ3n) is 6.06. The second-order valence-corrected chi connectivity index (χ2v) is 8.58. The average molecular weight is 469 g/mol. The maximum atomic E-state index is 6.63. The summed E-state index contributed by atoms with van der Waals surface area (Å²) < 4.78 is 13.3. The van der Waals surface area contributed by atoms with Crippen molar-refractivity contribution in [3.05, 3.63) is 174 Å². The first-order valence-corrected chi connectivity index (χ1v) is 12.1. The highest BCUT2D eigenvalue weighted by Crippen LogP contribution is 2.35. The van der Waals surface area contributed by atoms with Crippen molar-refractivity contribution >= 4 is 6.08 Å². The highest BCUT2D eigenvalue weighted by molar-refractivity contribution is 5.54. The quantitative estimate of drug-likeness (QED) is 0.215. The summed E-state index contributed by atoms with van der Waals surface area (Å²) in [4.78, 5) is 0. The molecular formula is C34H28O2. The molecule has 0 aliphatic heterocycles. The molecule has 0 radical (unpaired) electrons. The molecule has 0 spiro atoms. The maximum absolute atomic E-state index is 6.63. The minimum Gasteiger partial charge on any atom is -0.481 e. The van der Waals surface area contributed by atoms with Crippen LogP contribution in [0.3, 0.4) is 0 Å². The predicted octanol–water partition coefficient (Wildman–Crippen LogP) is 8.67. The summed E-state index contributed by atoms with van der Waals surface area (Å²) in [7, 11) is 0. The van der Waals surface area contributed by atoms with E-state index in [2.05, 4.69) is 55.1 Å². The molecule has 0 bridgehead atoms. The molecule has 0 N–H and O–H groups in total. The summed E-state index contributed by atoms with van der Waals surface area (Å²) in [5, 5.41) is 0. The molecule has 2 heteroatoms. The number of rotatable bonds is 9. The normalized spacial score (nSPS) is 10.8. The van der Waals surface area contributed by atoms with Crippen molar-refractivity contribution in [1.29, 1.82) is 0 Å². The number of hydrogen-bond donors (Lipinski definition) is 0. The highest BCUT2D eigenvalue weighted by Gasteiger charge is 2.19. The summed E-state index contributed by atoms with van der Waals surface area (Å²) in [6.45, 7) is 3.99. The SMILES string of the molecule is C=Cc1cc(OC(c2ccccc2)c2ccccc2)cc(OC(c2ccccc2)c2ccccc2)c1. The first-order chi connectivity index (χ1) is 17.8. The Morgan fingerprint density at radius 2 is 0.750 bits per heavy atom. The maximum Gasteiger partial charge on any atom is 0.149 e. The minimum atomic E-state index is -0.251. The van der Waals surface area contributed by atoms with Gasteiger partial charge in [0.2, 0.25) is 0 Å². The van der Waals surface area contributed by atoms with E-state index in [1.165, 1.54) is 0 Å². The van der Waals surface area contributed by atoms with Gasteiger partial charge in [-0.25, -0.2) is 0 Å². The van der Waals surface area contributed by atoms with Gasteiger partial charge in [0.1, 0.15) is 23.7 Å². The van der Waals surface area contributed by atoms with Gasteiger partial charge in [0.15, 0.2) is 0 Å². The van der Waals surface area contributed by atoms with Crippen LogP contribution in [0.15, 0.2) is 146 Å². The number of hydrogen-bond acceptors (Lipinski definition) is 2. The Hall–Kier alpha value is -4.56. The van der Waals surface area contributed by atoms with E-state index in [0.29, 0.717) is 0 Å². The third kappa shape index (κ3) is 5.56. The average Bonchev–Trinajstić information content (AvgIpc) is 2.96. The predicted molar refractivity (Wildman–Crippen MR) is 147 cm³/mol. The first kappa shape index (κ1) is 23.2. The molecule has 36 heavy (non-hydrogen) atoms. The molecule has 0 saturated heterocycles. The fourth-order valence-electron chi connectivity index (χ4n) is 4.29. The Kier molecular flexibility index (Phi) is 7.24. The van der Waals surface area contributed by atoms with Gasteiger partial charge in [-0.2, -0.15) is 0 Å². The second-order valence-electron chi connectivity index (χ2n) is 8.58. The van der Waals surface area contributed by atoms with Crippen LogP contribution < -0.4 is 9.47 Å². The van der Waals surface area contributed by atoms with E-state index < -0.39 is 0 Å². The van der Waals surface area contributed by atoms with E-state index in [1.54, 1.807) is 0 Å². The number of benzene rings is 5. The fraction of sp³-hybridized carbons (Fsp3) is 0.0588. The zero-order valence-electron chi connectivity index (χ0n) is 20.0. The Labute approximate surface area is 213 Å². The van der Waals surface area contributed by atoms with Crippen molar-refractivity contribution in [2.24, 2.45) is 0 Å². The van der Waals surface area contributed by atoms with Crippen LogP contribution in [0.5, 0.6) is 11.5 Å². The lowest BCUT2D eigenvalue weighted by Crippen LogP contribution is -2.11. The molecule has 2 nitrogen and oxygen atoms in total. The van der Waals surface area contributed by atoms with Crippen molar-refractivity contribution in [3.8, 4) is 11.5 Å². The topological polar surface area (TPSA) is 18.5 Å². The van der Waals surface area contributed by atoms with Gasteiger partial charge < -0.3 is 9.47 Å². The van der Waals surface area contributed by atoms with Crippen molar-refractivity contribution in [3.63, 3.8) is 0 Å². The van der Waals surface area contributed by atoms with Crippen molar-refractivity contribution in [2.45, 2.75) is 12.2 Å². The highest BCUT2D eigenvalue weighted by atomic mass is 16.5. The van der Waals surface area contributed by atoms with Gasteiger partial charge in [0.25, 0.3) is 0 Å². The summed E-state index contributed by atoms with van der Waals surface area (Å²) in [6.07, 6.45) is 1.32. The van der Waals surface area contributed by atoms with Crippen molar-refractivity contribution in [1.82, 2.24) is 0 Å². The van der Waals surface area contributed by atoms with Crippen LogP contribution in [0.1, 0.15) is 40.0 Å². The Balaban J connectivity index is 1.51. The molecule has 0 amide bonds. The fourth-order valence-corrected chi connectivity index (χ4v) is 4.29. The lowest BCUT2D eigenvalue weighted by atomic mass is 10.0. The van der Waals surface area contributed by atoms with Crippen LogP contribution in [0, 0.1) is 0 Å². The van der Waals surface area contributed by atoms with Crippen LogP contribution in [0.4, 0.5) is 0 Å². The van der Waals surface area contributed by atoms with Crippen molar-refractivity contribution in [2.75, 3.05) is 0 Å². The van der Waals surface area contributed by atoms with Crippen LogP contribution >= 0.6 is 0 Å². The summed E-state index contributed by atoms with van der Waals surface area (Å²) in [5.74, 6) is 1.44. The minimum absolute atomic E-state index is 0.251. The van der Waals surface area contributed by atoms with Crippen LogP contribution in [0.25, 0.3) is 6.08 Å². The van der Waals surface area contributed by atoms with Gasteiger partial charge in [-0.3, -0.25) is 0 Å². The molecule has 0 fully saturated rings. The molecule has 5 aromatic rings.